The summed E-state index contributed by atoms with van der Waals surface area (Å²) in [5.41, 5.74) is 0.888. The number of ether oxygens (including phenoxy) is 2. The van der Waals surface area contributed by atoms with Crippen molar-refractivity contribution >= 4 is 17.6 Å². The number of benzene rings is 1. The predicted molar refractivity (Wildman–Crippen MR) is 88.9 cm³/mol. The second kappa shape index (κ2) is 6.23. The fourth-order valence-electron chi connectivity index (χ4n) is 3.91. The summed E-state index contributed by atoms with van der Waals surface area (Å²) >= 11 is 6.41. The van der Waals surface area contributed by atoms with E-state index in [9.17, 15) is 9.90 Å². The molecule has 1 aliphatic heterocycles. The van der Waals surface area contributed by atoms with Crippen LogP contribution in [0.25, 0.3) is 0 Å². The van der Waals surface area contributed by atoms with Gasteiger partial charge < -0.3 is 14.6 Å². The molecule has 1 aromatic carbocycles. The lowest BCUT2D eigenvalue weighted by Gasteiger charge is -2.37. The molecule has 0 bridgehead atoms. The fourth-order valence-corrected chi connectivity index (χ4v) is 4.16. The first-order valence-electron chi connectivity index (χ1n) is 8.33. The molecule has 0 amide bonds. The maximum Gasteiger partial charge on any atom is 0.314 e. The average Bonchev–Trinajstić information content (AvgIpc) is 2.55. The Labute approximate surface area is 141 Å². The number of carboxylic acid groups (broad SMARTS) is 1. The van der Waals surface area contributed by atoms with Gasteiger partial charge in [0.1, 0.15) is 13.2 Å². The molecule has 2 aliphatic rings. The summed E-state index contributed by atoms with van der Waals surface area (Å²) in [7, 11) is 0. The Morgan fingerprint density at radius 3 is 2.35 bits per heavy atom. The molecule has 0 aromatic heterocycles. The number of hydrogen-bond acceptors (Lipinski definition) is 3. The second-order valence-electron chi connectivity index (χ2n) is 6.78. The molecule has 4 nitrogen and oxygen atoms in total. The van der Waals surface area contributed by atoms with Gasteiger partial charge in [-0.1, -0.05) is 44.7 Å². The molecule has 126 valence electrons. The first kappa shape index (κ1) is 16.4. The van der Waals surface area contributed by atoms with Crippen molar-refractivity contribution in [3.63, 3.8) is 0 Å². The zero-order valence-electron chi connectivity index (χ0n) is 13.7. The lowest BCUT2D eigenvalue weighted by molar-refractivity contribution is -0.145. The Kier molecular flexibility index (Phi) is 4.45. The van der Waals surface area contributed by atoms with Gasteiger partial charge in [-0.2, -0.15) is 0 Å². The third-order valence-electron chi connectivity index (χ3n) is 5.01. The van der Waals surface area contributed by atoms with Crippen LogP contribution in [0.3, 0.4) is 0 Å². The normalized spacial score (nSPS) is 19.7. The van der Waals surface area contributed by atoms with Crippen LogP contribution in [0.2, 0.25) is 5.02 Å². The molecular formula is C18H23ClO4. The SMILES string of the molecule is CC(C)c1c(C2(C(=O)O)CCCCC2)cc(Cl)c2c1OCCO2. The number of halogens is 1. The molecule has 0 unspecified atom stereocenters. The van der Waals surface area contributed by atoms with Crippen LogP contribution in [-0.4, -0.2) is 24.3 Å². The highest BCUT2D eigenvalue weighted by Crippen LogP contribution is 2.51. The Morgan fingerprint density at radius 2 is 1.78 bits per heavy atom. The number of fused-ring (bicyclic) bond motifs is 1. The fraction of sp³-hybridized carbons (Fsp3) is 0.611. The third kappa shape index (κ3) is 2.67. The quantitative estimate of drug-likeness (QED) is 0.880. The molecule has 0 atom stereocenters. The number of hydrogen-bond donors (Lipinski definition) is 1. The summed E-state index contributed by atoms with van der Waals surface area (Å²) in [4.78, 5) is 12.2. The molecule has 1 aliphatic carbocycles. The van der Waals surface area contributed by atoms with Crippen LogP contribution in [0.15, 0.2) is 6.07 Å². The Bertz CT molecular complexity index is 618. The van der Waals surface area contributed by atoms with Gasteiger partial charge in [0.2, 0.25) is 0 Å². The van der Waals surface area contributed by atoms with Gasteiger partial charge in [-0.25, -0.2) is 0 Å². The zero-order valence-corrected chi connectivity index (χ0v) is 14.4. The minimum absolute atomic E-state index is 0.135. The van der Waals surface area contributed by atoms with E-state index in [1.54, 1.807) is 0 Å². The van der Waals surface area contributed by atoms with E-state index in [-0.39, 0.29) is 5.92 Å². The standard InChI is InChI=1S/C18H23ClO4/c1-11(2)14-12(18(17(20)21)6-4-3-5-7-18)10-13(19)15-16(14)23-9-8-22-15/h10-11H,3-9H2,1-2H3,(H,20,21). The Balaban J connectivity index is 2.25. The highest BCUT2D eigenvalue weighted by molar-refractivity contribution is 6.32. The van der Waals surface area contributed by atoms with E-state index < -0.39 is 11.4 Å². The molecule has 5 heteroatoms. The van der Waals surface area contributed by atoms with Crippen molar-refractivity contribution in [2.24, 2.45) is 0 Å². The third-order valence-corrected chi connectivity index (χ3v) is 5.30. The van der Waals surface area contributed by atoms with Gasteiger partial charge in [0.15, 0.2) is 11.5 Å². The van der Waals surface area contributed by atoms with E-state index in [0.29, 0.717) is 42.6 Å². The Hall–Kier alpha value is -1.42. The van der Waals surface area contributed by atoms with Crippen molar-refractivity contribution in [1.29, 1.82) is 0 Å². The van der Waals surface area contributed by atoms with Gasteiger partial charge >= 0.3 is 5.97 Å². The van der Waals surface area contributed by atoms with Crippen molar-refractivity contribution < 1.29 is 19.4 Å². The largest absolute Gasteiger partial charge is 0.486 e. The van der Waals surface area contributed by atoms with Gasteiger partial charge in [-0.05, 0) is 30.4 Å². The number of carboxylic acids is 1. The van der Waals surface area contributed by atoms with E-state index in [2.05, 4.69) is 13.8 Å². The van der Waals surface area contributed by atoms with Crippen molar-refractivity contribution in [3.8, 4) is 11.5 Å². The molecule has 1 N–H and O–H groups in total. The molecule has 0 radical (unpaired) electrons. The summed E-state index contributed by atoms with van der Waals surface area (Å²) in [6, 6.07) is 1.81. The summed E-state index contributed by atoms with van der Waals surface area (Å²) in [5, 5.41) is 10.5. The van der Waals surface area contributed by atoms with Crippen molar-refractivity contribution in [1.82, 2.24) is 0 Å². The van der Waals surface area contributed by atoms with Crippen LogP contribution < -0.4 is 9.47 Å². The molecular weight excluding hydrogens is 316 g/mol. The van der Waals surface area contributed by atoms with Crippen LogP contribution in [-0.2, 0) is 10.2 Å². The lowest BCUT2D eigenvalue weighted by atomic mass is 9.67. The van der Waals surface area contributed by atoms with Crippen LogP contribution in [0.5, 0.6) is 11.5 Å². The second-order valence-corrected chi connectivity index (χ2v) is 7.18. The van der Waals surface area contributed by atoms with Crippen molar-refractivity contribution in [2.75, 3.05) is 13.2 Å². The van der Waals surface area contributed by atoms with Crippen LogP contribution in [0, 0.1) is 0 Å². The molecule has 0 spiro atoms. The molecule has 3 rings (SSSR count). The minimum Gasteiger partial charge on any atom is -0.486 e. The van der Waals surface area contributed by atoms with Crippen LogP contribution in [0.1, 0.15) is 63.0 Å². The van der Waals surface area contributed by atoms with E-state index >= 15 is 0 Å². The highest BCUT2D eigenvalue weighted by Gasteiger charge is 2.44. The first-order valence-corrected chi connectivity index (χ1v) is 8.71. The number of rotatable bonds is 3. The molecule has 0 saturated heterocycles. The van der Waals surface area contributed by atoms with Gasteiger partial charge in [0.25, 0.3) is 0 Å². The molecule has 1 fully saturated rings. The number of aliphatic carboxylic acids is 1. The molecule has 1 saturated carbocycles. The maximum atomic E-state index is 12.2. The summed E-state index contributed by atoms with van der Waals surface area (Å²) < 4.78 is 11.5. The maximum absolute atomic E-state index is 12.2. The molecule has 23 heavy (non-hydrogen) atoms. The molecule has 1 aromatic rings. The number of carbonyl (C=O) groups is 1. The van der Waals surface area contributed by atoms with E-state index in [4.69, 9.17) is 21.1 Å². The van der Waals surface area contributed by atoms with Gasteiger partial charge in [0, 0.05) is 5.56 Å². The van der Waals surface area contributed by atoms with Gasteiger partial charge in [-0.15, -0.1) is 0 Å². The van der Waals surface area contributed by atoms with E-state index in [1.807, 2.05) is 6.07 Å². The smallest absolute Gasteiger partial charge is 0.314 e. The Morgan fingerprint density at radius 1 is 1.17 bits per heavy atom. The van der Waals surface area contributed by atoms with E-state index in [0.717, 1.165) is 30.4 Å². The summed E-state index contributed by atoms with van der Waals surface area (Å²) in [6.07, 6.45) is 4.24. The van der Waals surface area contributed by atoms with E-state index in [1.165, 1.54) is 0 Å². The average molecular weight is 339 g/mol. The van der Waals surface area contributed by atoms with Gasteiger partial charge in [-0.3, -0.25) is 4.79 Å². The lowest BCUT2D eigenvalue weighted by Crippen LogP contribution is -2.39. The summed E-state index contributed by atoms with van der Waals surface area (Å²) in [6.45, 7) is 5.05. The van der Waals surface area contributed by atoms with Crippen molar-refractivity contribution in [3.05, 3.63) is 22.2 Å². The van der Waals surface area contributed by atoms with Crippen LogP contribution >= 0.6 is 11.6 Å². The van der Waals surface area contributed by atoms with Gasteiger partial charge in [0.05, 0.1) is 10.4 Å². The highest BCUT2D eigenvalue weighted by atomic mass is 35.5. The van der Waals surface area contributed by atoms with Crippen LogP contribution in [0.4, 0.5) is 0 Å². The first-order chi connectivity index (χ1) is 11.0. The zero-order chi connectivity index (χ0) is 16.6. The van der Waals surface area contributed by atoms with Crippen molar-refractivity contribution in [2.45, 2.75) is 57.3 Å². The predicted octanol–water partition coefficient (Wildman–Crippen LogP) is 4.52. The monoisotopic (exact) mass is 338 g/mol. The molecule has 1 heterocycles. The minimum atomic E-state index is -0.864. The topological polar surface area (TPSA) is 55.8 Å². The summed E-state index contributed by atoms with van der Waals surface area (Å²) in [5.74, 6) is 0.573.